The number of ether oxygens (including phenoxy) is 1. The molecule has 0 aromatic rings. The number of rotatable bonds is 5. The number of esters is 1. The van der Waals surface area contributed by atoms with Gasteiger partial charge in [-0.1, -0.05) is 20.8 Å². The Kier molecular flexibility index (Phi) is 8.02. The Balaban J connectivity index is 2.39. The van der Waals surface area contributed by atoms with Crippen LogP contribution in [0.3, 0.4) is 0 Å². The van der Waals surface area contributed by atoms with E-state index >= 15 is 0 Å². The predicted octanol–water partition coefficient (Wildman–Crippen LogP) is 1.19. The first-order valence-electron chi connectivity index (χ1n) is 9.71. The minimum Gasteiger partial charge on any atom is -0.455 e. The van der Waals surface area contributed by atoms with Gasteiger partial charge in [-0.3, -0.25) is 19.2 Å². The lowest BCUT2D eigenvalue weighted by Gasteiger charge is -2.35. The Labute approximate surface area is 167 Å². The summed E-state index contributed by atoms with van der Waals surface area (Å²) in [6, 6.07) is 0. The van der Waals surface area contributed by atoms with E-state index in [4.69, 9.17) is 4.74 Å². The summed E-state index contributed by atoms with van der Waals surface area (Å²) in [7, 11) is 1.50. The third kappa shape index (κ3) is 7.86. The quantitative estimate of drug-likeness (QED) is 0.703. The summed E-state index contributed by atoms with van der Waals surface area (Å²) in [6.45, 7) is 11.7. The molecular formula is C20H35N3O5. The van der Waals surface area contributed by atoms with E-state index in [1.54, 1.807) is 4.90 Å². The second-order valence-electron chi connectivity index (χ2n) is 9.47. The van der Waals surface area contributed by atoms with Crippen molar-refractivity contribution in [3.8, 4) is 0 Å². The van der Waals surface area contributed by atoms with Crippen LogP contribution in [-0.2, 0) is 23.9 Å². The number of carbonyl (C=O) groups excluding carboxylic acids is 4. The Morgan fingerprint density at radius 2 is 1.57 bits per heavy atom. The van der Waals surface area contributed by atoms with Crippen LogP contribution in [0, 0.1) is 11.3 Å². The van der Waals surface area contributed by atoms with Crippen molar-refractivity contribution in [2.24, 2.45) is 11.3 Å². The summed E-state index contributed by atoms with van der Waals surface area (Å²) in [4.78, 5) is 51.5. The molecule has 1 fully saturated rings. The molecule has 0 radical (unpaired) electrons. The average molecular weight is 398 g/mol. The first kappa shape index (κ1) is 23.9. The standard InChI is InChI=1S/C20H35N3O5/c1-19(2,3)18(27)23-10-8-14(9-11-23)17(26)28-13-16(25)22(7)12-15(24)21-20(4,5)6/h14H,8-13H2,1-7H3,(H,21,24). The second kappa shape index (κ2) is 9.39. The van der Waals surface area contributed by atoms with Gasteiger partial charge in [0.1, 0.15) is 0 Å². The molecule has 0 aliphatic carbocycles. The molecule has 1 saturated heterocycles. The summed E-state index contributed by atoms with van der Waals surface area (Å²) >= 11 is 0. The molecule has 1 rings (SSSR count). The molecule has 1 aliphatic heterocycles. The molecule has 3 amide bonds. The zero-order chi connectivity index (χ0) is 21.7. The van der Waals surface area contributed by atoms with Crippen LogP contribution < -0.4 is 5.32 Å². The van der Waals surface area contributed by atoms with Gasteiger partial charge in [-0.25, -0.2) is 0 Å². The maximum Gasteiger partial charge on any atom is 0.309 e. The van der Waals surface area contributed by atoms with Crippen molar-refractivity contribution in [3.05, 3.63) is 0 Å². The highest BCUT2D eigenvalue weighted by Gasteiger charge is 2.33. The highest BCUT2D eigenvalue weighted by Crippen LogP contribution is 2.24. The molecule has 8 nitrogen and oxygen atoms in total. The number of likely N-dealkylation sites (tertiary alicyclic amines) is 1. The number of carbonyl (C=O) groups is 4. The normalized spacial score (nSPS) is 15.8. The molecule has 0 spiro atoms. The lowest BCUT2D eigenvalue weighted by Crippen LogP contribution is -2.47. The van der Waals surface area contributed by atoms with Gasteiger partial charge in [-0.2, -0.15) is 0 Å². The minimum absolute atomic E-state index is 0.0738. The minimum atomic E-state index is -0.441. The van der Waals surface area contributed by atoms with Gasteiger partial charge in [0.05, 0.1) is 12.5 Å². The Morgan fingerprint density at radius 3 is 2.04 bits per heavy atom. The van der Waals surface area contributed by atoms with Crippen molar-refractivity contribution in [1.82, 2.24) is 15.1 Å². The number of hydrogen-bond donors (Lipinski definition) is 1. The van der Waals surface area contributed by atoms with Gasteiger partial charge in [0.15, 0.2) is 6.61 Å². The molecule has 0 aromatic heterocycles. The number of amides is 3. The first-order valence-corrected chi connectivity index (χ1v) is 9.71. The van der Waals surface area contributed by atoms with Crippen molar-refractivity contribution in [2.75, 3.05) is 33.3 Å². The first-order chi connectivity index (χ1) is 12.7. The number of hydrogen-bond acceptors (Lipinski definition) is 5. The van der Waals surface area contributed by atoms with Crippen molar-refractivity contribution < 1.29 is 23.9 Å². The van der Waals surface area contributed by atoms with Gasteiger partial charge in [-0.05, 0) is 33.6 Å². The molecule has 160 valence electrons. The molecule has 0 saturated carbocycles. The molecule has 0 atom stereocenters. The molecule has 0 unspecified atom stereocenters. The summed E-state index contributed by atoms with van der Waals surface area (Å²) in [5, 5.41) is 2.77. The van der Waals surface area contributed by atoms with Crippen LogP contribution in [-0.4, -0.2) is 72.3 Å². The van der Waals surface area contributed by atoms with Crippen molar-refractivity contribution >= 4 is 23.7 Å². The third-order valence-corrected chi connectivity index (χ3v) is 4.42. The largest absolute Gasteiger partial charge is 0.455 e. The topological polar surface area (TPSA) is 96.0 Å². The lowest BCUT2D eigenvalue weighted by atomic mass is 9.91. The molecule has 0 bridgehead atoms. The van der Waals surface area contributed by atoms with E-state index in [1.807, 2.05) is 41.5 Å². The molecule has 1 aliphatic rings. The van der Waals surface area contributed by atoms with Crippen molar-refractivity contribution in [1.29, 1.82) is 0 Å². The number of piperidine rings is 1. The second-order valence-corrected chi connectivity index (χ2v) is 9.47. The zero-order valence-electron chi connectivity index (χ0n) is 18.3. The summed E-state index contributed by atoms with van der Waals surface area (Å²) in [5.41, 5.74) is -0.819. The van der Waals surface area contributed by atoms with E-state index in [0.717, 1.165) is 0 Å². The molecule has 1 N–H and O–H groups in total. The van der Waals surface area contributed by atoms with Crippen LogP contribution in [0.5, 0.6) is 0 Å². The summed E-state index contributed by atoms with van der Waals surface area (Å²) in [6.07, 6.45) is 1.05. The van der Waals surface area contributed by atoms with Crippen LogP contribution >= 0.6 is 0 Å². The maximum absolute atomic E-state index is 12.3. The fraction of sp³-hybridized carbons (Fsp3) is 0.800. The van der Waals surface area contributed by atoms with E-state index in [2.05, 4.69) is 5.32 Å². The highest BCUT2D eigenvalue weighted by atomic mass is 16.5. The Morgan fingerprint density at radius 1 is 1.04 bits per heavy atom. The van der Waals surface area contributed by atoms with Crippen LogP contribution in [0.25, 0.3) is 0 Å². The van der Waals surface area contributed by atoms with Gasteiger partial charge in [0, 0.05) is 31.1 Å². The van der Waals surface area contributed by atoms with Crippen LogP contribution in [0.2, 0.25) is 0 Å². The Bertz CT molecular complexity index is 596. The summed E-state index contributed by atoms with van der Waals surface area (Å²) < 4.78 is 5.14. The third-order valence-electron chi connectivity index (χ3n) is 4.42. The predicted molar refractivity (Wildman–Crippen MR) is 105 cm³/mol. The van der Waals surface area contributed by atoms with Gasteiger partial charge < -0.3 is 19.9 Å². The van der Waals surface area contributed by atoms with E-state index in [1.165, 1.54) is 11.9 Å². The molecule has 1 heterocycles. The van der Waals surface area contributed by atoms with Gasteiger partial charge >= 0.3 is 5.97 Å². The maximum atomic E-state index is 12.3. The monoisotopic (exact) mass is 397 g/mol. The number of likely N-dealkylation sites (N-methyl/N-ethyl adjacent to an activating group) is 1. The number of nitrogens with one attached hydrogen (secondary N) is 1. The smallest absolute Gasteiger partial charge is 0.309 e. The zero-order valence-corrected chi connectivity index (χ0v) is 18.3. The lowest BCUT2D eigenvalue weighted by molar-refractivity contribution is -0.158. The van der Waals surface area contributed by atoms with Gasteiger partial charge in [-0.15, -0.1) is 0 Å². The van der Waals surface area contributed by atoms with Gasteiger partial charge in [0.2, 0.25) is 11.8 Å². The van der Waals surface area contributed by atoms with Gasteiger partial charge in [0.25, 0.3) is 5.91 Å². The molecular weight excluding hydrogens is 362 g/mol. The van der Waals surface area contributed by atoms with Crippen molar-refractivity contribution in [3.63, 3.8) is 0 Å². The highest BCUT2D eigenvalue weighted by molar-refractivity contribution is 5.86. The molecule has 0 aromatic carbocycles. The fourth-order valence-electron chi connectivity index (χ4n) is 2.91. The van der Waals surface area contributed by atoms with E-state index < -0.39 is 17.3 Å². The van der Waals surface area contributed by atoms with Crippen LogP contribution in [0.15, 0.2) is 0 Å². The molecule has 8 heteroatoms. The fourth-order valence-corrected chi connectivity index (χ4v) is 2.91. The van der Waals surface area contributed by atoms with E-state index in [-0.39, 0.29) is 36.4 Å². The van der Waals surface area contributed by atoms with Crippen LogP contribution in [0.4, 0.5) is 0 Å². The average Bonchev–Trinajstić information content (AvgIpc) is 2.56. The van der Waals surface area contributed by atoms with Crippen molar-refractivity contribution in [2.45, 2.75) is 59.9 Å². The Hall–Kier alpha value is -2.12. The van der Waals surface area contributed by atoms with E-state index in [0.29, 0.717) is 25.9 Å². The summed E-state index contributed by atoms with van der Waals surface area (Å²) in [5.74, 6) is -1.37. The molecule has 28 heavy (non-hydrogen) atoms. The SMILES string of the molecule is CN(CC(=O)NC(C)(C)C)C(=O)COC(=O)C1CCN(C(=O)C(C)(C)C)CC1. The number of nitrogens with zero attached hydrogens (tertiary/aromatic N) is 2. The van der Waals surface area contributed by atoms with Crippen LogP contribution in [0.1, 0.15) is 54.4 Å². The van der Waals surface area contributed by atoms with E-state index in [9.17, 15) is 19.2 Å².